The summed E-state index contributed by atoms with van der Waals surface area (Å²) < 4.78 is 49.2. The van der Waals surface area contributed by atoms with Gasteiger partial charge in [0.2, 0.25) is 5.95 Å². The van der Waals surface area contributed by atoms with E-state index in [1.165, 1.54) is 5.56 Å². The highest BCUT2D eigenvalue weighted by molar-refractivity contribution is 5.73. The van der Waals surface area contributed by atoms with Crippen molar-refractivity contribution in [3.05, 3.63) is 53.4 Å². The van der Waals surface area contributed by atoms with Gasteiger partial charge in [-0.25, -0.2) is 23.7 Å². The Morgan fingerprint density at radius 2 is 1.77 bits per heavy atom. The Labute approximate surface area is 227 Å². The second-order valence-corrected chi connectivity index (χ2v) is 11.0. The molecule has 0 spiro atoms. The smallest absolute Gasteiger partial charge is 0.256 e. The molecule has 0 amide bonds. The number of nitrogens with zero attached hydrogens (tertiary/aromatic N) is 5. The van der Waals surface area contributed by atoms with Crippen molar-refractivity contribution in [2.75, 3.05) is 36.9 Å². The van der Waals surface area contributed by atoms with Gasteiger partial charge in [-0.3, -0.25) is 0 Å². The maximum atomic E-state index is 15.0. The first-order valence-corrected chi connectivity index (χ1v) is 13.5. The molecule has 7 nitrogen and oxygen atoms in total. The molecule has 10 heteroatoms. The van der Waals surface area contributed by atoms with Crippen LogP contribution in [0, 0.1) is 11.6 Å². The van der Waals surface area contributed by atoms with Crippen LogP contribution in [0.15, 0.2) is 30.5 Å². The third-order valence-electron chi connectivity index (χ3n) is 7.46. The van der Waals surface area contributed by atoms with Crippen molar-refractivity contribution in [2.45, 2.75) is 64.8 Å². The number of piperidine rings is 1. The first-order valence-electron chi connectivity index (χ1n) is 13.5. The zero-order valence-electron chi connectivity index (χ0n) is 23.0. The van der Waals surface area contributed by atoms with Crippen molar-refractivity contribution in [3.8, 4) is 17.0 Å². The molecule has 1 unspecified atom stereocenters. The molecule has 39 heavy (non-hydrogen) atoms. The maximum Gasteiger partial charge on any atom is 0.256 e. The van der Waals surface area contributed by atoms with E-state index in [4.69, 9.17) is 9.72 Å². The monoisotopic (exact) mass is 540 g/mol. The van der Waals surface area contributed by atoms with Gasteiger partial charge in [0.1, 0.15) is 11.5 Å². The van der Waals surface area contributed by atoms with Gasteiger partial charge in [-0.1, -0.05) is 19.9 Å². The molecule has 1 saturated heterocycles. The van der Waals surface area contributed by atoms with Crippen LogP contribution in [-0.4, -0.2) is 58.9 Å². The van der Waals surface area contributed by atoms with E-state index in [9.17, 15) is 8.78 Å². The third kappa shape index (κ3) is 5.66. The second-order valence-electron chi connectivity index (χ2n) is 11.0. The van der Waals surface area contributed by atoms with Crippen LogP contribution in [0.3, 0.4) is 0 Å². The highest BCUT2D eigenvalue weighted by atomic mass is 19.1. The van der Waals surface area contributed by atoms with Gasteiger partial charge in [-0.2, -0.15) is 4.39 Å². The molecule has 2 aliphatic heterocycles. The fourth-order valence-electron chi connectivity index (χ4n) is 5.38. The second kappa shape index (κ2) is 11.0. The lowest BCUT2D eigenvalue weighted by Crippen LogP contribution is -2.42. The minimum Gasteiger partial charge on any atom is -0.453 e. The van der Waals surface area contributed by atoms with Crippen LogP contribution in [0.2, 0.25) is 0 Å². The molecule has 0 saturated carbocycles. The van der Waals surface area contributed by atoms with E-state index < -0.39 is 18.0 Å². The summed E-state index contributed by atoms with van der Waals surface area (Å²) >= 11 is 0. The number of rotatable bonds is 6. The summed E-state index contributed by atoms with van der Waals surface area (Å²) in [5.74, 6) is -0.290. The van der Waals surface area contributed by atoms with Gasteiger partial charge in [0.25, 0.3) is 6.36 Å². The van der Waals surface area contributed by atoms with Crippen LogP contribution in [0.25, 0.3) is 11.3 Å². The molecule has 4 heterocycles. The zero-order chi connectivity index (χ0) is 27.8. The lowest BCUT2D eigenvalue weighted by atomic mass is 9.86. The number of pyridine rings is 1. The molecule has 1 atom stereocenters. The predicted molar refractivity (Wildman–Crippen MR) is 146 cm³/mol. The Bertz CT molecular complexity index is 1340. The van der Waals surface area contributed by atoms with E-state index in [0.717, 1.165) is 43.9 Å². The van der Waals surface area contributed by atoms with Crippen LogP contribution in [0.4, 0.5) is 30.6 Å². The van der Waals surface area contributed by atoms with Crippen LogP contribution in [0.1, 0.15) is 63.6 Å². The average Bonchev–Trinajstić information content (AvgIpc) is 2.90. The molecule has 0 bridgehead atoms. The normalized spacial score (nSPS) is 18.4. The topological polar surface area (TPSA) is 66.4 Å². The lowest BCUT2D eigenvalue weighted by molar-refractivity contribution is 0.0591. The van der Waals surface area contributed by atoms with Crippen molar-refractivity contribution < 1.29 is 17.9 Å². The molecule has 1 aromatic carbocycles. The van der Waals surface area contributed by atoms with Crippen LogP contribution in [0.5, 0.6) is 5.75 Å². The summed E-state index contributed by atoms with van der Waals surface area (Å²) in [7, 11) is 2.15. The molecule has 3 aromatic rings. The number of hydrogen-bond acceptors (Lipinski definition) is 7. The SMILES string of the molecule is CC(C)c1nc(Nc2ncc(F)c(-c3cc(F)c4c(c3)N(C(C)C)CC(F)O4)n2)ccc1C1CCN(C)CC1. The summed E-state index contributed by atoms with van der Waals surface area (Å²) in [6.45, 7) is 10.1. The quantitative estimate of drug-likeness (QED) is 0.388. The summed E-state index contributed by atoms with van der Waals surface area (Å²) in [6, 6.07) is 6.58. The molecule has 208 valence electrons. The van der Waals surface area contributed by atoms with Gasteiger partial charge in [0.05, 0.1) is 18.4 Å². The molecule has 0 aliphatic carbocycles. The number of alkyl halides is 1. The van der Waals surface area contributed by atoms with Crippen LogP contribution in [-0.2, 0) is 0 Å². The van der Waals surface area contributed by atoms with Gasteiger partial charge in [-0.15, -0.1) is 0 Å². The van der Waals surface area contributed by atoms with E-state index in [1.54, 1.807) is 11.0 Å². The van der Waals surface area contributed by atoms with Gasteiger partial charge in [0, 0.05) is 17.3 Å². The van der Waals surface area contributed by atoms with E-state index in [1.807, 2.05) is 19.9 Å². The average molecular weight is 541 g/mol. The number of anilines is 3. The molecule has 0 radical (unpaired) electrons. The van der Waals surface area contributed by atoms with Crippen LogP contribution < -0.4 is 15.0 Å². The number of likely N-dealkylation sites (tertiary alicyclic amines) is 1. The third-order valence-corrected chi connectivity index (χ3v) is 7.46. The number of fused-ring (bicyclic) bond motifs is 1. The van der Waals surface area contributed by atoms with Gasteiger partial charge in [0.15, 0.2) is 17.4 Å². The standard InChI is InChI=1S/C29H35F3N6O/c1-16(2)26-20(18-8-10-37(5)11-9-18)6-7-25(34-26)35-29-33-14-22(31)27(36-29)19-12-21(30)28-23(13-19)38(17(3)4)15-24(32)39-28/h6-7,12-14,16-18,24H,8-11,15H2,1-5H3,(H,33,34,35,36). The van der Waals surface area contributed by atoms with E-state index in [0.29, 0.717) is 17.4 Å². The fraction of sp³-hybridized carbons (Fsp3) is 0.483. The van der Waals surface area contributed by atoms with Crippen molar-refractivity contribution in [2.24, 2.45) is 0 Å². The van der Waals surface area contributed by atoms with Crippen molar-refractivity contribution in [3.63, 3.8) is 0 Å². The minimum absolute atomic E-state index is 0.0516. The summed E-state index contributed by atoms with van der Waals surface area (Å²) in [5.41, 5.74) is 2.77. The summed E-state index contributed by atoms with van der Waals surface area (Å²) in [5, 5.41) is 3.10. The van der Waals surface area contributed by atoms with Crippen LogP contribution >= 0.6 is 0 Å². The summed E-state index contributed by atoms with van der Waals surface area (Å²) in [4.78, 5) is 17.4. The van der Waals surface area contributed by atoms with Crippen molar-refractivity contribution >= 4 is 17.5 Å². The molecular weight excluding hydrogens is 505 g/mol. The molecule has 2 aromatic heterocycles. The van der Waals surface area contributed by atoms with Crippen molar-refractivity contribution in [1.82, 2.24) is 19.9 Å². The number of hydrogen-bond donors (Lipinski definition) is 1. The molecule has 5 rings (SSSR count). The predicted octanol–water partition coefficient (Wildman–Crippen LogP) is 6.40. The first-order chi connectivity index (χ1) is 18.6. The molecule has 1 fully saturated rings. The highest BCUT2D eigenvalue weighted by Crippen LogP contribution is 2.41. The summed E-state index contributed by atoms with van der Waals surface area (Å²) in [6.07, 6.45) is 1.59. The molecule has 2 aliphatic rings. The Kier molecular flexibility index (Phi) is 7.66. The largest absolute Gasteiger partial charge is 0.453 e. The lowest BCUT2D eigenvalue weighted by Gasteiger charge is -2.36. The number of nitrogens with one attached hydrogen (secondary N) is 1. The minimum atomic E-state index is -1.65. The van der Waals surface area contributed by atoms with E-state index in [2.05, 4.69) is 47.1 Å². The van der Waals surface area contributed by atoms with Gasteiger partial charge in [-0.05, 0) is 82.4 Å². The molecular formula is C29H35F3N6O. The van der Waals surface area contributed by atoms with Gasteiger partial charge < -0.3 is 19.9 Å². The molecule has 1 N–H and O–H groups in total. The zero-order valence-corrected chi connectivity index (χ0v) is 23.0. The first kappa shape index (κ1) is 27.2. The Balaban J connectivity index is 1.45. The van der Waals surface area contributed by atoms with E-state index in [-0.39, 0.29) is 41.5 Å². The number of halogens is 3. The van der Waals surface area contributed by atoms with Gasteiger partial charge >= 0.3 is 0 Å². The van der Waals surface area contributed by atoms with E-state index >= 15 is 4.39 Å². The number of ether oxygens (including phenoxy) is 1. The Morgan fingerprint density at radius 3 is 2.46 bits per heavy atom. The Morgan fingerprint density at radius 1 is 1.03 bits per heavy atom. The fourth-order valence-corrected chi connectivity index (χ4v) is 5.38. The highest BCUT2D eigenvalue weighted by Gasteiger charge is 2.31. The van der Waals surface area contributed by atoms with Crippen molar-refractivity contribution in [1.29, 1.82) is 0 Å². The Hall–Kier alpha value is -3.40. The number of aromatic nitrogens is 3. The maximum absolute atomic E-state index is 15.0. The number of benzene rings is 1.